The molecular formula is C20H17NO2. The van der Waals surface area contributed by atoms with Gasteiger partial charge < -0.3 is 9.52 Å². The van der Waals surface area contributed by atoms with Gasteiger partial charge in [0.15, 0.2) is 5.58 Å². The predicted molar refractivity (Wildman–Crippen MR) is 92.3 cm³/mol. The molecule has 2 aromatic heterocycles. The highest BCUT2D eigenvalue weighted by Crippen LogP contribution is 2.38. The SMILES string of the molecule is Cc1ccc2oc3c(-c4ccccc4)c(CO)c(C)nc3c2c1. The lowest BCUT2D eigenvalue weighted by atomic mass is 9.98. The molecule has 4 aromatic rings. The summed E-state index contributed by atoms with van der Waals surface area (Å²) in [5.41, 5.74) is 7.22. The second-order valence-electron chi connectivity index (χ2n) is 5.85. The normalized spacial score (nSPS) is 11.4. The molecule has 4 rings (SSSR count). The fourth-order valence-corrected chi connectivity index (χ4v) is 3.14. The highest BCUT2D eigenvalue weighted by Gasteiger charge is 2.19. The fourth-order valence-electron chi connectivity index (χ4n) is 3.14. The maximum Gasteiger partial charge on any atom is 0.162 e. The Hall–Kier alpha value is -2.65. The van der Waals surface area contributed by atoms with Crippen LogP contribution < -0.4 is 0 Å². The number of rotatable bonds is 2. The predicted octanol–water partition coefficient (Wildman–Crippen LogP) is 4.76. The smallest absolute Gasteiger partial charge is 0.162 e. The molecule has 2 aromatic carbocycles. The first-order valence-electron chi connectivity index (χ1n) is 7.67. The van der Waals surface area contributed by atoms with E-state index in [1.54, 1.807) is 0 Å². The van der Waals surface area contributed by atoms with E-state index < -0.39 is 0 Å². The number of furan rings is 1. The molecule has 0 bridgehead atoms. The molecule has 0 unspecified atom stereocenters. The van der Waals surface area contributed by atoms with Crippen molar-refractivity contribution in [3.05, 3.63) is 65.4 Å². The van der Waals surface area contributed by atoms with Crippen molar-refractivity contribution < 1.29 is 9.52 Å². The van der Waals surface area contributed by atoms with Gasteiger partial charge in [0, 0.05) is 22.2 Å². The van der Waals surface area contributed by atoms with E-state index in [1.807, 2.05) is 49.4 Å². The van der Waals surface area contributed by atoms with Gasteiger partial charge in [-0.25, -0.2) is 4.98 Å². The molecule has 1 N–H and O–H groups in total. The van der Waals surface area contributed by atoms with Crippen LogP contribution in [-0.2, 0) is 6.61 Å². The second kappa shape index (κ2) is 5.21. The monoisotopic (exact) mass is 303 g/mol. The van der Waals surface area contributed by atoms with Crippen molar-refractivity contribution in [3.63, 3.8) is 0 Å². The average molecular weight is 303 g/mol. The molecule has 0 aliphatic rings. The molecule has 0 radical (unpaired) electrons. The van der Waals surface area contributed by atoms with E-state index >= 15 is 0 Å². The molecule has 0 aliphatic heterocycles. The van der Waals surface area contributed by atoms with E-state index in [0.29, 0.717) is 0 Å². The summed E-state index contributed by atoms with van der Waals surface area (Å²) in [6.45, 7) is 3.94. The number of aryl methyl sites for hydroxylation is 2. The summed E-state index contributed by atoms with van der Waals surface area (Å²) in [4.78, 5) is 4.71. The molecule has 0 spiro atoms. The number of fused-ring (bicyclic) bond motifs is 3. The fraction of sp³-hybridized carbons (Fsp3) is 0.150. The third-order valence-corrected chi connectivity index (χ3v) is 4.28. The molecule has 3 heteroatoms. The molecular weight excluding hydrogens is 286 g/mol. The van der Waals surface area contributed by atoms with Crippen molar-refractivity contribution in [2.45, 2.75) is 20.5 Å². The van der Waals surface area contributed by atoms with Crippen LogP contribution in [-0.4, -0.2) is 10.1 Å². The zero-order valence-electron chi connectivity index (χ0n) is 13.1. The first kappa shape index (κ1) is 14.0. The number of hydrogen-bond acceptors (Lipinski definition) is 3. The van der Waals surface area contributed by atoms with Crippen LogP contribution in [0.3, 0.4) is 0 Å². The lowest BCUT2D eigenvalue weighted by molar-refractivity contribution is 0.281. The van der Waals surface area contributed by atoms with Crippen LogP contribution in [0.15, 0.2) is 52.9 Å². The summed E-state index contributed by atoms with van der Waals surface area (Å²) in [6.07, 6.45) is 0. The molecule has 3 nitrogen and oxygen atoms in total. The molecule has 0 saturated heterocycles. The first-order valence-corrected chi connectivity index (χ1v) is 7.67. The number of pyridine rings is 1. The standard InChI is InChI=1S/C20H17NO2/c1-12-8-9-17-15(10-12)19-20(23-17)18(14-6-4-3-5-7-14)16(11-22)13(2)21-19/h3-10,22H,11H2,1-2H3. The Morgan fingerprint density at radius 3 is 2.57 bits per heavy atom. The van der Waals surface area contributed by atoms with Crippen molar-refractivity contribution in [2.24, 2.45) is 0 Å². The van der Waals surface area contributed by atoms with Crippen molar-refractivity contribution in [2.75, 3.05) is 0 Å². The van der Waals surface area contributed by atoms with Crippen LogP contribution in [0.25, 0.3) is 33.2 Å². The van der Waals surface area contributed by atoms with Crippen molar-refractivity contribution in [3.8, 4) is 11.1 Å². The number of benzene rings is 2. The maximum atomic E-state index is 9.86. The molecule has 0 atom stereocenters. The van der Waals surface area contributed by atoms with Gasteiger partial charge >= 0.3 is 0 Å². The minimum Gasteiger partial charge on any atom is -0.454 e. The molecule has 0 saturated carbocycles. The van der Waals surface area contributed by atoms with Crippen molar-refractivity contribution >= 4 is 22.1 Å². The van der Waals surface area contributed by atoms with Gasteiger partial charge in [-0.1, -0.05) is 42.0 Å². The van der Waals surface area contributed by atoms with E-state index in [0.717, 1.165) is 44.5 Å². The number of aliphatic hydroxyl groups excluding tert-OH is 1. The zero-order valence-corrected chi connectivity index (χ0v) is 13.1. The third-order valence-electron chi connectivity index (χ3n) is 4.28. The summed E-state index contributed by atoms with van der Waals surface area (Å²) < 4.78 is 6.12. The Morgan fingerprint density at radius 2 is 1.83 bits per heavy atom. The number of aliphatic hydroxyl groups is 1. The van der Waals surface area contributed by atoms with Crippen LogP contribution in [0.2, 0.25) is 0 Å². The minimum absolute atomic E-state index is 0.0604. The van der Waals surface area contributed by atoms with Crippen molar-refractivity contribution in [1.29, 1.82) is 0 Å². The van der Waals surface area contributed by atoms with Crippen LogP contribution in [0.4, 0.5) is 0 Å². The Morgan fingerprint density at radius 1 is 1.04 bits per heavy atom. The molecule has 114 valence electrons. The topological polar surface area (TPSA) is 46.3 Å². The van der Waals surface area contributed by atoms with Gasteiger partial charge in [0.25, 0.3) is 0 Å². The number of nitrogens with zero attached hydrogens (tertiary/aromatic N) is 1. The minimum atomic E-state index is -0.0604. The van der Waals surface area contributed by atoms with Gasteiger partial charge in [0.05, 0.1) is 6.61 Å². The third kappa shape index (κ3) is 2.13. The molecule has 23 heavy (non-hydrogen) atoms. The van der Waals surface area contributed by atoms with Crippen LogP contribution in [0.1, 0.15) is 16.8 Å². The first-order chi connectivity index (χ1) is 11.2. The lowest BCUT2D eigenvalue weighted by Gasteiger charge is -2.11. The summed E-state index contributed by atoms with van der Waals surface area (Å²) >= 11 is 0. The zero-order chi connectivity index (χ0) is 16.0. The molecule has 0 aliphatic carbocycles. The van der Waals surface area contributed by atoms with Gasteiger partial charge in [0.1, 0.15) is 11.1 Å². The van der Waals surface area contributed by atoms with E-state index in [-0.39, 0.29) is 6.61 Å². The van der Waals surface area contributed by atoms with Gasteiger partial charge in [-0.05, 0) is 31.5 Å². The quantitative estimate of drug-likeness (QED) is 0.581. The maximum absolute atomic E-state index is 9.86. The second-order valence-corrected chi connectivity index (χ2v) is 5.85. The highest BCUT2D eigenvalue weighted by molar-refractivity contribution is 6.08. The highest BCUT2D eigenvalue weighted by atomic mass is 16.3. The van der Waals surface area contributed by atoms with E-state index in [4.69, 9.17) is 9.40 Å². The van der Waals surface area contributed by atoms with E-state index in [9.17, 15) is 5.11 Å². The van der Waals surface area contributed by atoms with E-state index in [2.05, 4.69) is 13.0 Å². The molecule has 2 heterocycles. The summed E-state index contributed by atoms with van der Waals surface area (Å²) in [5.74, 6) is 0. The van der Waals surface area contributed by atoms with Gasteiger partial charge in [0.2, 0.25) is 0 Å². The number of aromatic nitrogens is 1. The Kier molecular flexibility index (Phi) is 3.17. The van der Waals surface area contributed by atoms with Crippen LogP contribution in [0, 0.1) is 13.8 Å². The van der Waals surface area contributed by atoms with Crippen LogP contribution >= 0.6 is 0 Å². The largest absolute Gasteiger partial charge is 0.454 e. The summed E-state index contributed by atoms with van der Waals surface area (Å²) in [7, 11) is 0. The number of hydrogen-bond donors (Lipinski definition) is 1. The van der Waals surface area contributed by atoms with E-state index in [1.165, 1.54) is 5.56 Å². The Bertz CT molecular complexity index is 1020. The van der Waals surface area contributed by atoms with Gasteiger partial charge in [-0.15, -0.1) is 0 Å². The summed E-state index contributed by atoms with van der Waals surface area (Å²) in [5, 5.41) is 10.9. The lowest BCUT2D eigenvalue weighted by Crippen LogP contribution is -1.97. The van der Waals surface area contributed by atoms with Gasteiger partial charge in [-0.2, -0.15) is 0 Å². The Balaban J connectivity index is 2.19. The molecule has 0 amide bonds. The van der Waals surface area contributed by atoms with Gasteiger partial charge in [-0.3, -0.25) is 0 Å². The van der Waals surface area contributed by atoms with Crippen LogP contribution in [0.5, 0.6) is 0 Å². The van der Waals surface area contributed by atoms with Crippen molar-refractivity contribution in [1.82, 2.24) is 4.98 Å². The molecule has 0 fully saturated rings. The summed E-state index contributed by atoms with van der Waals surface area (Å²) in [6, 6.07) is 16.1. The average Bonchev–Trinajstić information content (AvgIpc) is 2.92. The Labute approximate surface area is 134 Å².